The van der Waals surface area contributed by atoms with Crippen LogP contribution in [0.3, 0.4) is 0 Å². The zero-order valence-electron chi connectivity index (χ0n) is 14.1. The average molecular weight is 319 g/mol. The summed E-state index contributed by atoms with van der Waals surface area (Å²) >= 11 is 0. The predicted octanol–water partition coefficient (Wildman–Crippen LogP) is 2.75. The third-order valence-electron chi connectivity index (χ3n) is 3.95. The van der Waals surface area contributed by atoms with Crippen LogP contribution in [0.5, 0.6) is 5.75 Å². The van der Waals surface area contributed by atoms with Crippen LogP contribution in [-0.4, -0.2) is 43.1 Å². The summed E-state index contributed by atoms with van der Waals surface area (Å²) in [4.78, 5) is 26.0. The van der Waals surface area contributed by atoms with Gasteiger partial charge < -0.3 is 14.4 Å². The van der Waals surface area contributed by atoms with Crippen molar-refractivity contribution in [3.05, 3.63) is 29.8 Å². The number of piperidine rings is 1. The fourth-order valence-corrected chi connectivity index (χ4v) is 3.02. The quantitative estimate of drug-likeness (QED) is 0.783. The van der Waals surface area contributed by atoms with Crippen molar-refractivity contribution in [2.45, 2.75) is 27.2 Å². The zero-order chi connectivity index (χ0) is 16.8. The van der Waals surface area contributed by atoms with Crippen LogP contribution in [0.4, 0.5) is 0 Å². The molecule has 0 aromatic heterocycles. The van der Waals surface area contributed by atoms with Crippen LogP contribution in [-0.2, 0) is 9.53 Å². The Kier molecular flexibility index (Phi) is 6.02. The first-order chi connectivity index (χ1) is 11.0. The van der Waals surface area contributed by atoms with Gasteiger partial charge in [-0.3, -0.25) is 4.79 Å². The molecule has 1 aromatic carbocycles. The number of carbonyl (C=O) groups excluding carboxylic acids is 2. The highest BCUT2D eigenvalue weighted by molar-refractivity contribution is 5.91. The summed E-state index contributed by atoms with van der Waals surface area (Å²) in [6.07, 6.45) is 1.13. The van der Waals surface area contributed by atoms with E-state index in [-0.39, 0.29) is 12.5 Å². The van der Waals surface area contributed by atoms with Gasteiger partial charge in [0.2, 0.25) is 0 Å². The van der Waals surface area contributed by atoms with E-state index in [1.807, 2.05) is 6.92 Å². The predicted molar refractivity (Wildman–Crippen MR) is 87.4 cm³/mol. The third kappa shape index (κ3) is 4.98. The Morgan fingerprint density at radius 1 is 1.13 bits per heavy atom. The van der Waals surface area contributed by atoms with E-state index in [1.165, 1.54) is 0 Å². The highest BCUT2D eigenvalue weighted by Gasteiger charge is 2.26. The van der Waals surface area contributed by atoms with E-state index in [0.29, 0.717) is 29.8 Å². The van der Waals surface area contributed by atoms with Crippen LogP contribution in [0.25, 0.3) is 0 Å². The van der Waals surface area contributed by atoms with E-state index < -0.39 is 5.97 Å². The first-order valence-corrected chi connectivity index (χ1v) is 8.17. The summed E-state index contributed by atoms with van der Waals surface area (Å²) in [6.45, 7) is 8.03. The summed E-state index contributed by atoms with van der Waals surface area (Å²) in [5.41, 5.74) is 0.418. The molecule has 0 radical (unpaired) electrons. The van der Waals surface area contributed by atoms with Gasteiger partial charge in [-0.15, -0.1) is 0 Å². The Morgan fingerprint density at radius 2 is 1.74 bits per heavy atom. The number of benzene rings is 1. The van der Waals surface area contributed by atoms with E-state index in [4.69, 9.17) is 9.47 Å². The number of esters is 1. The number of rotatable bonds is 5. The molecule has 2 unspecified atom stereocenters. The molecule has 0 saturated carbocycles. The lowest BCUT2D eigenvalue weighted by molar-refractivity contribution is -0.137. The van der Waals surface area contributed by atoms with Gasteiger partial charge in [-0.1, -0.05) is 13.8 Å². The molecule has 1 aliphatic rings. The molecule has 126 valence electrons. The highest BCUT2D eigenvalue weighted by Crippen LogP contribution is 2.21. The SMILES string of the molecule is CCOc1ccc(C(=O)OCC(=O)N2CC(C)CC(C)C2)cc1. The summed E-state index contributed by atoms with van der Waals surface area (Å²) < 4.78 is 10.5. The standard InChI is InChI=1S/C18H25NO4/c1-4-22-16-7-5-15(6-8-16)18(21)23-12-17(20)19-10-13(2)9-14(3)11-19/h5-8,13-14H,4,9-12H2,1-3H3. The molecule has 0 aliphatic carbocycles. The molecule has 2 rings (SSSR count). The second-order valence-corrected chi connectivity index (χ2v) is 6.28. The van der Waals surface area contributed by atoms with Crippen molar-refractivity contribution in [2.75, 3.05) is 26.3 Å². The van der Waals surface area contributed by atoms with Crippen molar-refractivity contribution in [1.29, 1.82) is 0 Å². The highest BCUT2D eigenvalue weighted by atomic mass is 16.5. The lowest BCUT2D eigenvalue weighted by Gasteiger charge is -2.34. The molecular weight excluding hydrogens is 294 g/mol. The van der Waals surface area contributed by atoms with E-state index >= 15 is 0 Å². The number of likely N-dealkylation sites (tertiary alicyclic amines) is 1. The van der Waals surface area contributed by atoms with Crippen molar-refractivity contribution >= 4 is 11.9 Å². The number of amides is 1. The minimum absolute atomic E-state index is 0.123. The van der Waals surface area contributed by atoms with E-state index in [2.05, 4.69) is 13.8 Å². The summed E-state index contributed by atoms with van der Waals surface area (Å²) in [5, 5.41) is 0. The van der Waals surface area contributed by atoms with Gasteiger partial charge in [-0.25, -0.2) is 4.79 Å². The summed E-state index contributed by atoms with van der Waals surface area (Å²) in [5.74, 6) is 1.08. The zero-order valence-corrected chi connectivity index (χ0v) is 14.1. The third-order valence-corrected chi connectivity index (χ3v) is 3.95. The fourth-order valence-electron chi connectivity index (χ4n) is 3.02. The normalized spacial score (nSPS) is 20.9. The maximum Gasteiger partial charge on any atom is 0.338 e. The molecule has 1 aromatic rings. The molecule has 1 amide bonds. The van der Waals surface area contributed by atoms with Gasteiger partial charge >= 0.3 is 5.97 Å². The molecule has 23 heavy (non-hydrogen) atoms. The number of carbonyl (C=O) groups is 2. The van der Waals surface area contributed by atoms with Crippen molar-refractivity contribution in [2.24, 2.45) is 11.8 Å². The Labute approximate surface area is 137 Å². The van der Waals surface area contributed by atoms with Crippen molar-refractivity contribution < 1.29 is 19.1 Å². The molecule has 1 saturated heterocycles. The smallest absolute Gasteiger partial charge is 0.338 e. The van der Waals surface area contributed by atoms with Gasteiger partial charge in [0, 0.05) is 13.1 Å². The van der Waals surface area contributed by atoms with Gasteiger partial charge in [-0.05, 0) is 49.4 Å². The molecule has 1 heterocycles. The lowest BCUT2D eigenvalue weighted by Crippen LogP contribution is -2.44. The van der Waals surface area contributed by atoms with Crippen LogP contribution in [0.15, 0.2) is 24.3 Å². The maximum atomic E-state index is 12.2. The summed E-state index contributed by atoms with van der Waals surface area (Å²) in [7, 11) is 0. The molecule has 5 nitrogen and oxygen atoms in total. The Balaban J connectivity index is 1.84. The fraction of sp³-hybridized carbons (Fsp3) is 0.556. The number of ether oxygens (including phenoxy) is 2. The van der Waals surface area contributed by atoms with Gasteiger partial charge in [0.1, 0.15) is 5.75 Å². The number of hydrogen-bond donors (Lipinski definition) is 0. The van der Waals surface area contributed by atoms with Gasteiger partial charge in [0.15, 0.2) is 6.61 Å². The molecule has 1 aliphatic heterocycles. The molecule has 5 heteroatoms. The molecular formula is C18H25NO4. The summed E-state index contributed by atoms with van der Waals surface area (Å²) in [6, 6.07) is 6.72. The van der Waals surface area contributed by atoms with E-state index in [0.717, 1.165) is 19.5 Å². The van der Waals surface area contributed by atoms with Crippen LogP contribution in [0, 0.1) is 11.8 Å². The number of hydrogen-bond acceptors (Lipinski definition) is 4. The van der Waals surface area contributed by atoms with Crippen molar-refractivity contribution in [3.63, 3.8) is 0 Å². The van der Waals surface area contributed by atoms with Crippen molar-refractivity contribution in [1.82, 2.24) is 4.90 Å². The number of nitrogens with zero attached hydrogens (tertiary/aromatic N) is 1. The van der Waals surface area contributed by atoms with Crippen LogP contribution in [0.2, 0.25) is 0 Å². The topological polar surface area (TPSA) is 55.8 Å². The minimum atomic E-state index is -0.487. The second kappa shape index (κ2) is 7.99. The van der Waals surface area contributed by atoms with E-state index in [1.54, 1.807) is 29.2 Å². The first-order valence-electron chi connectivity index (χ1n) is 8.17. The van der Waals surface area contributed by atoms with Crippen LogP contribution < -0.4 is 4.74 Å². The molecule has 0 bridgehead atoms. The second-order valence-electron chi connectivity index (χ2n) is 6.28. The van der Waals surface area contributed by atoms with Gasteiger partial charge in [0.05, 0.1) is 12.2 Å². The minimum Gasteiger partial charge on any atom is -0.494 e. The van der Waals surface area contributed by atoms with Gasteiger partial charge in [-0.2, -0.15) is 0 Å². The Hall–Kier alpha value is -2.04. The molecule has 0 N–H and O–H groups in total. The Morgan fingerprint density at radius 3 is 2.30 bits per heavy atom. The molecule has 1 fully saturated rings. The monoisotopic (exact) mass is 319 g/mol. The largest absolute Gasteiger partial charge is 0.494 e. The van der Waals surface area contributed by atoms with E-state index in [9.17, 15) is 9.59 Å². The van der Waals surface area contributed by atoms with Crippen LogP contribution >= 0.6 is 0 Å². The van der Waals surface area contributed by atoms with Crippen molar-refractivity contribution in [3.8, 4) is 5.75 Å². The molecule has 2 atom stereocenters. The Bertz CT molecular complexity index is 530. The maximum absolute atomic E-state index is 12.2. The van der Waals surface area contributed by atoms with Gasteiger partial charge in [0.25, 0.3) is 5.91 Å². The van der Waals surface area contributed by atoms with Crippen LogP contribution in [0.1, 0.15) is 37.6 Å². The molecule has 0 spiro atoms. The lowest BCUT2D eigenvalue weighted by atomic mass is 9.92. The first kappa shape index (κ1) is 17.3. The average Bonchev–Trinajstić information content (AvgIpc) is 2.52.